The number of ether oxygens (including phenoxy) is 1. The molecule has 0 saturated carbocycles. The number of carbonyl (C=O) groups excluding carboxylic acids is 1. The van der Waals surface area contributed by atoms with Crippen LogP contribution in [0.5, 0.6) is 0 Å². The molecule has 1 aromatic heterocycles. The molecule has 6 nitrogen and oxygen atoms in total. The Morgan fingerprint density at radius 1 is 1.52 bits per heavy atom. The van der Waals surface area contributed by atoms with Crippen molar-refractivity contribution in [2.45, 2.75) is 64.8 Å². The lowest BCUT2D eigenvalue weighted by Crippen LogP contribution is -2.50. The van der Waals surface area contributed by atoms with E-state index < -0.39 is 5.60 Å². The Bertz CT molecular complexity index is 583. The van der Waals surface area contributed by atoms with Crippen molar-refractivity contribution in [1.82, 2.24) is 10.2 Å². The van der Waals surface area contributed by atoms with E-state index in [2.05, 4.69) is 5.32 Å². The topological polar surface area (TPSA) is 78.5 Å². The van der Waals surface area contributed by atoms with Crippen LogP contribution in [-0.2, 0) is 11.3 Å². The molecule has 2 atom stereocenters. The van der Waals surface area contributed by atoms with Crippen molar-refractivity contribution in [2.24, 2.45) is 0 Å². The highest BCUT2D eigenvalue weighted by molar-refractivity contribution is 5.68. The monoisotopic (exact) mass is 319 g/mol. The van der Waals surface area contributed by atoms with Crippen molar-refractivity contribution in [3.8, 4) is 6.07 Å². The van der Waals surface area contributed by atoms with E-state index in [0.29, 0.717) is 24.9 Å². The first-order valence-corrected chi connectivity index (χ1v) is 8.00. The summed E-state index contributed by atoms with van der Waals surface area (Å²) >= 11 is 0. The molecule has 6 heteroatoms. The third kappa shape index (κ3) is 5.00. The maximum absolute atomic E-state index is 12.2. The van der Waals surface area contributed by atoms with Gasteiger partial charge in [0.1, 0.15) is 17.4 Å². The predicted octanol–water partition coefficient (Wildman–Crippen LogP) is 3.03. The Morgan fingerprint density at radius 2 is 2.26 bits per heavy atom. The number of hydrogen-bond acceptors (Lipinski definition) is 5. The molecular weight excluding hydrogens is 294 g/mol. The van der Waals surface area contributed by atoms with Crippen LogP contribution in [0.2, 0.25) is 0 Å². The molecule has 1 N–H and O–H groups in total. The van der Waals surface area contributed by atoms with Crippen LogP contribution in [0.3, 0.4) is 0 Å². The Morgan fingerprint density at radius 3 is 2.83 bits per heavy atom. The van der Waals surface area contributed by atoms with Crippen molar-refractivity contribution in [3.05, 3.63) is 23.7 Å². The summed E-state index contributed by atoms with van der Waals surface area (Å²) in [5.74, 6) is 1.08. The normalized spacial score (nSPS) is 21.8. The highest BCUT2D eigenvalue weighted by Gasteiger charge is 2.31. The number of hydrogen-bond donors (Lipinski definition) is 1. The van der Waals surface area contributed by atoms with Crippen LogP contribution in [0.15, 0.2) is 16.5 Å². The third-order valence-electron chi connectivity index (χ3n) is 3.84. The summed E-state index contributed by atoms with van der Waals surface area (Å²) in [6.07, 6.45) is 1.49. The molecule has 1 aliphatic heterocycles. The minimum absolute atomic E-state index is 0.127. The van der Waals surface area contributed by atoms with Crippen LogP contribution in [0, 0.1) is 11.3 Å². The summed E-state index contributed by atoms with van der Waals surface area (Å²) in [5.41, 5.74) is -0.469. The van der Waals surface area contributed by atoms with Gasteiger partial charge in [0.15, 0.2) is 0 Å². The fraction of sp³-hybridized carbons (Fsp3) is 0.647. The smallest absolute Gasteiger partial charge is 0.410 e. The SMILES string of the molecule is CC1CC(NCc2ccc(C#N)o2)CCN1C(=O)OC(C)(C)C. The summed E-state index contributed by atoms with van der Waals surface area (Å²) in [5, 5.41) is 12.2. The van der Waals surface area contributed by atoms with Crippen molar-refractivity contribution in [3.63, 3.8) is 0 Å². The molecule has 23 heavy (non-hydrogen) atoms. The zero-order valence-corrected chi connectivity index (χ0v) is 14.3. The quantitative estimate of drug-likeness (QED) is 0.926. The van der Waals surface area contributed by atoms with Crippen molar-refractivity contribution >= 4 is 6.09 Å². The van der Waals surface area contributed by atoms with Gasteiger partial charge < -0.3 is 19.4 Å². The Hall–Kier alpha value is -2.00. The van der Waals surface area contributed by atoms with Gasteiger partial charge in [0.05, 0.1) is 6.54 Å². The van der Waals surface area contributed by atoms with Crippen LogP contribution in [0.25, 0.3) is 0 Å². The number of piperidine rings is 1. The Balaban J connectivity index is 1.81. The molecule has 1 fully saturated rings. The Kier molecular flexibility index (Phi) is 5.32. The largest absolute Gasteiger partial charge is 0.449 e. The number of amides is 1. The first-order chi connectivity index (χ1) is 10.8. The number of carbonyl (C=O) groups is 1. The summed E-state index contributed by atoms with van der Waals surface area (Å²) in [6, 6.07) is 5.90. The summed E-state index contributed by atoms with van der Waals surface area (Å²) in [4.78, 5) is 14.0. The van der Waals surface area contributed by atoms with E-state index in [1.807, 2.05) is 39.8 Å². The fourth-order valence-electron chi connectivity index (χ4n) is 2.73. The molecule has 1 amide bonds. The lowest BCUT2D eigenvalue weighted by molar-refractivity contribution is 0.00925. The minimum Gasteiger partial charge on any atom is -0.449 e. The predicted molar refractivity (Wildman–Crippen MR) is 85.7 cm³/mol. The van der Waals surface area contributed by atoms with Gasteiger partial charge in [-0.2, -0.15) is 5.26 Å². The third-order valence-corrected chi connectivity index (χ3v) is 3.84. The molecule has 126 valence electrons. The van der Waals surface area contributed by atoms with Crippen LogP contribution < -0.4 is 5.32 Å². The van der Waals surface area contributed by atoms with E-state index in [1.165, 1.54) is 0 Å². The minimum atomic E-state index is -0.469. The van der Waals surface area contributed by atoms with E-state index in [1.54, 1.807) is 11.0 Å². The van der Waals surface area contributed by atoms with Gasteiger partial charge in [-0.25, -0.2) is 4.79 Å². The van der Waals surface area contributed by atoms with Gasteiger partial charge in [0.2, 0.25) is 5.76 Å². The first kappa shape index (κ1) is 17.4. The second-order valence-corrected chi connectivity index (χ2v) is 7.00. The van der Waals surface area contributed by atoms with Gasteiger partial charge in [-0.3, -0.25) is 0 Å². The van der Waals surface area contributed by atoms with Gasteiger partial charge in [-0.05, 0) is 52.7 Å². The molecule has 0 bridgehead atoms. The second-order valence-electron chi connectivity index (χ2n) is 7.00. The zero-order chi connectivity index (χ0) is 17.0. The van der Waals surface area contributed by atoms with E-state index >= 15 is 0 Å². The van der Waals surface area contributed by atoms with Crippen molar-refractivity contribution < 1.29 is 13.9 Å². The average Bonchev–Trinajstić information content (AvgIpc) is 2.91. The maximum atomic E-state index is 12.2. The molecule has 1 aliphatic rings. The van der Waals surface area contributed by atoms with Gasteiger partial charge in [0, 0.05) is 18.6 Å². The second kappa shape index (κ2) is 7.05. The summed E-state index contributed by atoms with van der Waals surface area (Å²) < 4.78 is 10.8. The molecule has 0 aliphatic carbocycles. The molecule has 2 unspecified atom stereocenters. The molecule has 0 spiro atoms. The van der Waals surface area contributed by atoms with E-state index in [9.17, 15) is 4.79 Å². The van der Waals surface area contributed by atoms with E-state index in [-0.39, 0.29) is 12.1 Å². The average molecular weight is 319 g/mol. The molecule has 0 radical (unpaired) electrons. The van der Waals surface area contributed by atoms with Gasteiger partial charge in [0.25, 0.3) is 0 Å². The van der Waals surface area contributed by atoms with Crippen molar-refractivity contribution in [2.75, 3.05) is 6.54 Å². The molecule has 2 rings (SSSR count). The zero-order valence-electron chi connectivity index (χ0n) is 14.3. The molecular formula is C17H25N3O3. The summed E-state index contributed by atoms with van der Waals surface area (Å²) in [6.45, 7) is 8.94. The standard InChI is InChI=1S/C17H25N3O3/c1-12-9-13(19-11-15-6-5-14(10-18)22-15)7-8-20(12)16(21)23-17(2,3)4/h5-6,12-13,19H,7-9,11H2,1-4H3. The lowest BCUT2D eigenvalue weighted by Gasteiger charge is -2.38. The number of likely N-dealkylation sites (tertiary alicyclic amines) is 1. The van der Waals surface area contributed by atoms with Gasteiger partial charge in [-0.15, -0.1) is 0 Å². The van der Waals surface area contributed by atoms with Gasteiger partial charge in [-0.1, -0.05) is 0 Å². The number of nitriles is 1. The van der Waals surface area contributed by atoms with Crippen LogP contribution in [0.4, 0.5) is 4.79 Å². The van der Waals surface area contributed by atoms with Crippen LogP contribution >= 0.6 is 0 Å². The highest BCUT2D eigenvalue weighted by Crippen LogP contribution is 2.21. The molecule has 1 aromatic rings. The molecule has 1 saturated heterocycles. The number of nitrogens with zero attached hydrogens (tertiary/aromatic N) is 2. The number of nitrogens with one attached hydrogen (secondary N) is 1. The molecule has 0 aromatic carbocycles. The summed E-state index contributed by atoms with van der Waals surface area (Å²) in [7, 11) is 0. The molecule has 2 heterocycles. The Labute approximate surface area is 137 Å². The van der Waals surface area contributed by atoms with E-state index in [4.69, 9.17) is 14.4 Å². The first-order valence-electron chi connectivity index (χ1n) is 8.00. The van der Waals surface area contributed by atoms with Crippen LogP contribution in [0.1, 0.15) is 52.1 Å². The van der Waals surface area contributed by atoms with Crippen LogP contribution in [-0.4, -0.2) is 35.2 Å². The maximum Gasteiger partial charge on any atom is 0.410 e. The number of furan rings is 1. The van der Waals surface area contributed by atoms with E-state index in [0.717, 1.165) is 18.6 Å². The lowest BCUT2D eigenvalue weighted by atomic mass is 9.98. The fourth-order valence-corrected chi connectivity index (χ4v) is 2.73. The van der Waals surface area contributed by atoms with Gasteiger partial charge >= 0.3 is 6.09 Å². The highest BCUT2D eigenvalue weighted by atomic mass is 16.6. The van der Waals surface area contributed by atoms with Crippen molar-refractivity contribution in [1.29, 1.82) is 5.26 Å². The number of rotatable bonds is 3.